The summed E-state index contributed by atoms with van der Waals surface area (Å²) in [5.74, 6) is 0.0614. The Hall–Kier alpha value is -1.90. The Morgan fingerprint density at radius 3 is 3.10 bits per heavy atom. The third-order valence-corrected chi connectivity index (χ3v) is 3.24. The summed E-state index contributed by atoms with van der Waals surface area (Å²) < 4.78 is 5.46. The Balaban J connectivity index is 1.97. The Kier molecular flexibility index (Phi) is 5.54. The number of rotatable bonds is 2. The number of nitrogens with zero attached hydrogens (tertiary/aromatic N) is 2. The minimum absolute atomic E-state index is 0.0614. The summed E-state index contributed by atoms with van der Waals surface area (Å²) >= 11 is 0. The van der Waals surface area contributed by atoms with Crippen LogP contribution in [-0.4, -0.2) is 43.7 Å². The predicted molar refractivity (Wildman–Crippen MR) is 74.9 cm³/mol. The quantitative estimate of drug-likeness (QED) is 0.869. The Labute approximate surface area is 119 Å². The van der Waals surface area contributed by atoms with Gasteiger partial charge in [0.2, 0.25) is 5.91 Å². The standard InChI is InChI=1S/C15H19N3O2/c16-11-13-2-1-3-14(10-13)12-18-6-4-15(19)17-5-8-20-9-7-18/h1-3,10H,4-9,12H2,(H,17,19). The molecule has 5 heteroatoms. The van der Waals surface area contributed by atoms with Crippen molar-refractivity contribution in [2.24, 2.45) is 0 Å². The van der Waals surface area contributed by atoms with Gasteiger partial charge in [-0.3, -0.25) is 9.69 Å². The summed E-state index contributed by atoms with van der Waals surface area (Å²) in [4.78, 5) is 13.7. The average Bonchev–Trinajstić information content (AvgIpc) is 2.48. The number of hydrogen-bond acceptors (Lipinski definition) is 4. The highest BCUT2D eigenvalue weighted by Gasteiger charge is 2.11. The van der Waals surface area contributed by atoms with Crippen molar-refractivity contribution < 1.29 is 9.53 Å². The summed E-state index contributed by atoms with van der Waals surface area (Å²) in [6.45, 7) is 4.03. The van der Waals surface area contributed by atoms with Gasteiger partial charge in [-0.2, -0.15) is 5.26 Å². The van der Waals surface area contributed by atoms with E-state index in [1.54, 1.807) is 6.07 Å². The molecule has 0 spiro atoms. The first-order chi connectivity index (χ1) is 9.78. The second-order valence-electron chi connectivity index (χ2n) is 4.80. The molecular formula is C15H19N3O2. The summed E-state index contributed by atoms with van der Waals surface area (Å²) in [6.07, 6.45) is 0.498. The van der Waals surface area contributed by atoms with Crippen LogP contribution in [0.5, 0.6) is 0 Å². The van der Waals surface area contributed by atoms with Crippen LogP contribution in [-0.2, 0) is 16.1 Å². The zero-order valence-electron chi connectivity index (χ0n) is 11.5. The molecule has 0 saturated carbocycles. The molecule has 5 nitrogen and oxygen atoms in total. The smallest absolute Gasteiger partial charge is 0.221 e. The van der Waals surface area contributed by atoms with E-state index in [-0.39, 0.29) is 5.91 Å². The van der Waals surface area contributed by atoms with Gasteiger partial charge in [-0.25, -0.2) is 0 Å². The lowest BCUT2D eigenvalue weighted by atomic mass is 10.1. The second kappa shape index (κ2) is 7.63. The van der Waals surface area contributed by atoms with E-state index in [0.717, 1.165) is 18.7 Å². The van der Waals surface area contributed by atoms with Crippen LogP contribution in [0.3, 0.4) is 0 Å². The molecular weight excluding hydrogens is 254 g/mol. The van der Waals surface area contributed by atoms with Gasteiger partial charge < -0.3 is 10.1 Å². The van der Waals surface area contributed by atoms with E-state index < -0.39 is 0 Å². The van der Waals surface area contributed by atoms with Crippen LogP contribution < -0.4 is 5.32 Å². The number of nitrogens with one attached hydrogen (secondary N) is 1. The summed E-state index contributed by atoms with van der Waals surface area (Å²) in [5.41, 5.74) is 1.75. The molecule has 0 unspecified atom stereocenters. The Morgan fingerprint density at radius 2 is 2.25 bits per heavy atom. The molecule has 1 fully saturated rings. The van der Waals surface area contributed by atoms with Crippen molar-refractivity contribution in [1.82, 2.24) is 10.2 Å². The molecule has 1 aliphatic heterocycles. The summed E-state index contributed by atoms with van der Waals surface area (Å²) in [5, 5.41) is 11.7. The molecule has 20 heavy (non-hydrogen) atoms. The van der Waals surface area contributed by atoms with Gasteiger partial charge in [-0.05, 0) is 17.7 Å². The molecule has 0 aromatic heterocycles. The molecule has 0 atom stereocenters. The summed E-state index contributed by atoms with van der Waals surface area (Å²) in [7, 11) is 0. The minimum Gasteiger partial charge on any atom is -0.378 e. The van der Waals surface area contributed by atoms with E-state index in [9.17, 15) is 4.79 Å². The first-order valence-corrected chi connectivity index (χ1v) is 6.84. The SMILES string of the molecule is N#Cc1cccc(CN2CCOCCNC(=O)CC2)c1. The Morgan fingerprint density at radius 1 is 1.35 bits per heavy atom. The number of hydrogen-bond donors (Lipinski definition) is 1. The van der Waals surface area contributed by atoms with E-state index in [1.807, 2.05) is 18.2 Å². The number of benzene rings is 1. The lowest BCUT2D eigenvalue weighted by molar-refractivity contribution is -0.122. The van der Waals surface area contributed by atoms with Crippen LogP contribution >= 0.6 is 0 Å². The molecule has 1 amide bonds. The monoisotopic (exact) mass is 273 g/mol. The van der Waals surface area contributed by atoms with Crippen LogP contribution in [0.15, 0.2) is 24.3 Å². The second-order valence-corrected chi connectivity index (χ2v) is 4.80. The maximum Gasteiger partial charge on any atom is 0.221 e. The van der Waals surface area contributed by atoms with Crippen LogP contribution in [0.25, 0.3) is 0 Å². The fourth-order valence-corrected chi connectivity index (χ4v) is 2.17. The predicted octanol–water partition coefficient (Wildman–Crippen LogP) is 0.897. The maximum atomic E-state index is 11.6. The molecule has 1 saturated heterocycles. The van der Waals surface area contributed by atoms with E-state index in [4.69, 9.17) is 10.00 Å². The molecule has 0 radical (unpaired) electrons. The lowest BCUT2D eigenvalue weighted by Gasteiger charge is -2.23. The molecule has 0 bridgehead atoms. The van der Waals surface area contributed by atoms with Crippen molar-refractivity contribution in [1.29, 1.82) is 5.26 Å². The van der Waals surface area contributed by atoms with Gasteiger partial charge in [0, 0.05) is 32.6 Å². The highest BCUT2D eigenvalue weighted by atomic mass is 16.5. The zero-order chi connectivity index (χ0) is 14.2. The van der Waals surface area contributed by atoms with E-state index in [2.05, 4.69) is 16.3 Å². The largest absolute Gasteiger partial charge is 0.378 e. The zero-order valence-corrected chi connectivity index (χ0v) is 11.5. The molecule has 0 aliphatic carbocycles. The number of amides is 1. The number of carbonyl (C=O) groups is 1. The van der Waals surface area contributed by atoms with Gasteiger partial charge in [0.05, 0.1) is 24.8 Å². The average molecular weight is 273 g/mol. The molecule has 1 heterocycles. The molecule has 1 aromatic rings. The van der Waals surface area contributed by atoms with Crippen molar-refractivity contribution in [3.05, 3.63) is 35.4 Å². The molecule has 1 N–H and O–H groups in total. The van der Waals surface area contributed by atoms with Crippen molar-refractivity contribution in [3.63, 3.8) is 0 Å². The maximum absolute atomic E-state index is 11.6. The first kappa shape index (κ1) is 14.5. The topological polar surface area (TPSA) is 65.4 Å². The number of nitriles is 1. The summed E-state index contributed by atoms with van der Waals surface area (Å²) in [6, 6.07) is 9.72. The molecule has 106 valence electrons. The van der Waals surface area contributed by atoms with Crippen molar-refractivity contribution >= 4 is 5.91 Å². The Bertz CT molecular complexity index is 496. The van der Waals surface area contributed by atoms with E-state index in [0.29, 0.717) is 38.3 Å². The lowest BCUT2D eigenvalue weighted by Crippen LogP contribution is -2.36. The minimum atomic E-state index is 0.0614. The van der Waals surface area contributed by atoms with Gasteiger partial charge in [0.1, 0.15) is 0 Å². The van der Waals surface area contributed by atoms with E-state index >= 15 is 0 Å². The fraction of sp³-hybridized carbons (Fsp3) is 0.467. The van der Waals surface area contributed by atoms with Gasteiger partial charge in [-0.1, -0.05) is 12.1 Å². The highest BCUT2D eigenvalue weighted by Crippen LogP contribution is 2.08. The first-order valence-electron chi connectivity index (χ1n) is 6.84. The van der Waals surface area contributed by atoms with Gasteiger partial charge in [0.15, 0.2) is 0 Å². The van der Waals surface area contributed by atoms with E-state index in [1.165, 1.54) is 0 Å². The van der Waals surface area contributed by atoms with Gasteiger partial charge >= 0.3 is 0 Å². The molecule has 1 aliphatic rings. The van der Waals surface area contributed by atoms with Crippen molar-refractivity contribution in [2.45, 2.75) is 13.0 Å². The number of ether oxygens (including phenoxy) is 1. The third-order valence-electron chi connectivity index (χ3n) is 3.24. The van der Waals surface area contributed by atoms with Gasteiger partial charge in [-0.15, -0.1) is 0 Å². The van der Waals surface area contributed by atoms with Crippen molar-refractivity contribution in [2.75, 3.05) is 32.8 Å². The third kappa shape index (κ3) is 4.65. The normalized spacial score (nSPS) is 18.1. The number of carbonyl (C=O) groups excluding carboxylic acids is 1. The molecule has 2 rings (SSSR count). The van der Waals surface area contributed by atoms with Crippen LogP contribution in [0.2, 0.25) is 0 Å². The van der Waals surface area contributed by atoms with Crippen LogP contribution in [0, 0.1) is 11.3 Å². The highest BCUT2D eigenvalue weighted by molar-refractivity contribution is 5.76. The van der Waals surface area contributed by atoms with Crippen molar-refractivity contribution in [3.8, 4) is 6.07 Å². The fourth-order valence-electron chi connectivity index (χ4n) is 2.17. The molecule has 1 aromatic carbocycles. The van der Waals surface area contributed by atoms with Crippen LogP contribution in [0.4, 0.5) is 0 Å². The van der Waals surface area contributed by atoms with Gasteiger partial charge in [0.25, 0.3) is 0 Å². The van der Waals surface area contributed by atoms with Crippen LogP contribution in [0.1, 0.15) is 17.5 Å².